The van der Waals surface area contributed by atoms with Gasteiger partial charge in [-0.2, -0.15) is 0 Å². The third-order valence-corrected chi connectivity index (χ3v) is 5.59. The molecule has 0 N–H and O–H groups in total. The van der Waals surface area contributed by atoms with Gasteiger partial charge in [-0.25, -0.2) is 0 Å². The van der Waals surface area contributed by atoms with Gasteiger partial charge in [0.15, 0.2) is 5.43 Å². The highest BCUT2D eigenvalue weighted by Crippen LogP contribution is 2.38. The summed E-state index contributed by atoms with van der Waals surface area (Å²) in [4.78, 5) is 28.3. The topological polar surface area (TPSA) is 59.8 Å². The van der Waals surface area contributed by atoms with E-state index in [9.17, 15) is 9.59 Å². The van der Waals surface area contributed by atoms with E-state index in [2.05, 4.69) is 13.8 Å². The van der Waals surface area contributed by atoms with Crippen LogP contribution < -0.4 is 10.2 Å². The smallest absolute Gasteiger partial charge is 0.290 e. The summed E-state index contributed by atoms with van der Waals surface area (Å²) in [5.41, 5.74) is 1.65. The Morgan fingerprint density at radius 1 is 0.967 bits per heavy atom. The molecule has 30 heavy (non-hydrogen) atoms. The second kappa shape index (κ2) is 8.74. The fraction of sp³-hybridized carbons (Fsp3) is 0.360. The summed E-state index contributed by atoms with van der Waals surface area (Å²) >= 11 is 0. The number of ether oxygens (including phenoxy) is 1. The van der Waals surface area contributed by atoms with Crippen LogP contribution in [0.3, 0.4) is 0 Å². The van der Waals surface area contributed by atoms with Crippen molar-refractivity contribution in [3.8, 4) is 5.75 Å². The number of rotatable bonds is 8. The average Bonchev–Trinajstić information content (AvgIpc) is 3.05. The maximum Gasteiger partial charge on any atom is 0.290 e. The Bertz CT molecular complexity index is 1100. The first-order valence-electron chi connectivity index (χ1n) is 10.7. The van der Waals surface area contributed by atoms with Gasteiger partial charge in [-0.15, -0.1) is 0 Å². The summed E-state index contributed by atoms with van der Waals surface area (Å²) in [6.07, 6.45) is 3.91. The third-order valence-electron chi connectivity index (χ3n) is 5.59. The monoisotopic (exact) mass is 405 g/mol. The Labute approximate surface area is 176 Å². The van der Waals surface area contributed by atoms with Crippen LogP contribution in [0.1, 0.15) is 67.3 Å². The average molecular weight is 405 g/mol. The number of hydrogen-bond donors (Lipinski definition) is 0. The predicted octanol–water partition coefficient (Wildman–Crippen LogP) is 5.32. The maximum absolute atomic E-state index is 13.3. The lowest BCUT2D eigenvalue weighted by Gasteiger charge is -2.25. The Morgan fingerprint density at radius 2 is 1.70 bits per heavy atom. The quantitative estimate of drug-likeness (QED) is 0.476. The molecule has 2 heterocycles. The van der Waals surface area contributed by atoms with E-state index in [1.54, 1.807) is 23.1 Å². The number of hydrogen-bond acceptors (Lipinski definition) is 4. The van der Waals surface area contributed by atoms with E-state index in [4.69, 9.17) is 9.15 Å². The van der Waals surface area contributed by atoms with E-state index in [0.29, 0.717) is 29.7 Å². The van der Waals surface area contributed by atoms with Gasteiger partial charge in [-0.05, 0) is 42.7 Å². The third kappa shape index (κ3) is 3.60. The Balaban J connectivity index is 1.78. The number of carbonyl (C=O) groups is 1. The summed E-state index contributed by atoms with van der Waals surface area (Å²) < 4.78 is 11.7. The van der Waals surface area contributed by atoms with Crippen molar-refractivity contribution in [2.45, 2.75) is 45.6 Å². The largest absolute Gasteiger partial charge is 0.494 e. The molecule has 1 aliphatic rings. The van der Waals surface area contributed by atoms with E-state index in [-0.39, 0.29) is 17.1 Å². The van der Waals surface area contributed by atoms with Crippen molar-refractivity contribution in [3.63, 3.8) is 0 Å². The molecule has 0 spiro atoms. The van der Waals surface area contributed by atoms with Crippen LogP contribution in [0, 0.1) is 0 Å². The fourth-order valence-electron chi connectivity index (χ4n) is 3.95. The van der Waals surface area contributed by atoms with Crippen LogP contribution in [0.5, 0.6) is 5.75 Å². The number of amides is 1. The van der Waals surface area contributed by atoms with Gasteiger partial charge in [-0.3, -0.25) is 9.59 Å². The minimum absolute atomic E-state index is 0.132. The van der Waals surface area contributed by atoms with E-state index in [1.165, 1.54) is 0 Å². The summed E-state index contributed by atoms with van der Waals surface area (Å²) in [6.45, 7) is 5.47. The summed E-state index contributed by atoms with van der Waals surface area (Å²) in [5.74, 6) is 0.750. The molecule has 5 nitrogen and oxygen atoms in total. The van der Waals surface area contributed by atoms with Gasteiger partial charge in [0.05, 0.1) is 23.6 Å². The van der Waals surface area contributed by atoms with Crippen LogP contribution in [0.25, 0.3) is 11.0 Å². The molecule has 0 aliphatic carbocycles. The minimum atomic E-state index is -0.440. The lowest BCUT2D eigenvalue weighted by molar-refractivity contribution is 0.0725. The molecule has 0 bridgehead atoms. The van der Waals surface area contributed by atoms with Crippen molar-refractivity contribution < 1.29 is 13.9 Å². The van der Waals surface area contributed by atoms with Gasteiger partial charge in [0.2, 0.25) is 5.76 Å². The molecule has 1 aliphatic heterocycles. The lowest BCUT2D eigenvalue weighted by atomic mass is 9.98. The molecule has 1 amide bonds. The molecule has 156 valence electrons. The molecular formula is C25H27NO4. The standard InChI is InChI=1S/C25H27NO4/c1-3-5-15-26-22(17-11-13-18(14-12-17)29-16-6-4-2)21-23(27)19-9-7-8-10-20(19)30-24(21)25(26)28/h7-14,22H,3-6,15-16H2,1-2H3/t22-/m0/s1. The summed E-state index contributed by atoms with van der Waals surface area (Å²) in [7, 11) is 0. The summed E-state index contributed by atoms with van der Waals surface area (Å²) in [6, 6.07) is 14.4. The van der Waals surface area contributed by atoms with Crippen molar-refractivity contribution >= 4 is 16.9 Å². The molecule has 1 atom stereocenters. The molecule has 0 saturated carbocycles. The zero-order valence-corrected chi connectivity index (χ0v) is 17.5. The first-order chi connectivity index (χ1) is 14.7. The van der Waals surface area contributed by atoms with Crippen LogP contribution >= 0.6 is 0 Å². The van der Waals surface area contributed by atoms with Gasteiger partial charge in [0, 0.05) is 6.54 Å². The van der Waals surface area contributed by atoms with E-state index >= 15 is 0 Å². The van der Waals surface area contributed by atoms with Crippen LogP contribution in [-0.4, -0.2) is 24.0 Å². The molecule has 3 aromatic rings. The van der Waals surface area contributed by atoms with Crippen molar-refractivity contribution in [1.29, 1.82) is 0 Å². The number of nitrogens with zero attached hydrogens (tertiary/aromatic N) is 1. The SMILES string of the molecule is CCCCOc1ccc([C@H]2c3c(oc4ccccc4c3=O)C(=O)N2CCCC)cc1. The van der Waals surface area contributed by atoms with Gasteiger partial charge >= 0.3 is 0 Å². The first kappa shape index (κ1) is 20.2. The molecule has 2 aromatic carbocycles. The summed E-state index contributed by atoms with van der Waals surface area (Å²) in [5, 5.41) is 0.505. The van der Waals surface area contributed by atoms with Crippen molar-refractivity contribution in [1.82, 2.24) is 4.90 Å². The molecular weight excluding hydrogens is 378 g/mol. The molecule has 0 saturated heterocycles. The molecule has 0 unspecified atom stereocenters. The highest BCUT2D eigenvalue weighted by Gasteiger charge is 2.42. The van der Waals surface area contributed by atoms with E-state index in [0.717, 1.165) is 37.0 Å². The molecule has 5 heteroatoms. The minimum Gasteiger partial charge on any atom is -0.494 e. The normalized spacial score (nSPS) is 15.6. The number of benzene rings is 2. The predicted molar refractivity (Wildman–Crippen MR) is 117 cm³/mol. The molecule has 1 aromatic heterocycles. The van der Waals surface area contributed by atoms with Gasteiger partial charge in [-0.1, -0.05) is 51.0 Å². The second-order valence-electron chi connectivity index (χ2n) is 7.70. The zero-order valence-electron chi connectivity index (χ0n) is 17.5. The molecule has 4 rings (SSSR count). The van der Waals surface area contributed by atoms with Gasteiger partial charge in [0.25, 0.3) is 5.91 Å². The van der Waals surface area contributed by atoms with E-state index in [1.807, 2.05) is 30.3 Å². The van der Waals surface area contributed by atoms with Crippen LogP contribution in [0.4, 0.5) is 0 Å². The van der Waals surface area contributed by atoms with Crippen LogP contribution in [0.15, 0.2) is 57.7 Å². The fourth-order valence-corrected chi connectivity index (χ4v) is 3.95. The number of fused-ring (bicyclic) bond motifs is 2. The van der Waals surface area contributed by atoms with Gasteiger partial charge in [0.1, 0.15) is 11.3 Å². The van der Waals surface area contributed by atoms with Gasteiger partial charge < -0.3 is 14.1 Å². The van der Waals surface area contributed by atoms with Crippen LogP contribution in [-0.2, 0) is 0 Å². The highest BCUT2D eigenvalue weighted by molar-refractivity contribution is 5.99. The Morgan fingerprint density at radius 3 is 2.43 bits per heavy atom. The van der Waals surface area contributed by atoms with Crippen molar-refractivity contribution in [2.24, 2.45) is 0 Å². The number of unbranched alkanes of at least 4 members (excludes halogenated alkanes) is 2. The van der Waals surface area contributed by atoms with Crippen molar-refractivity contribution in [2.75, 3.05) is 13.2 Å². The van der Waals surface area contributed by atoms with E-state index < -0.39 is 6.04 Å². The second-order valence-corrected chi connectivity index (χ2v) is 7.70. The molecule has 0 fully saturated rings. The highest BCUT2D eigenvalue weighted by atomic mass is 16.5. The number of para-hydroxylation sites is 1. The Kier molecular flexibility index (Phi) is 5.88. The number of carbonyl (C=O) groups excluding carboxylic acids is 1. The van der Waals surface area contributed by atoms with Crippen LogP contribution in [0.2, 0.25) is 0 Å². The Hall–Kier alpha value is -3.08. The first-order valence-corrected chi connectivity index (χ1v) is 10.7. The van der Waals surface area contributed by atoms with Crippen molar-refractivity contribution in [3.05, 3.63) is 75.6 Å². The zero-order chi connectivity index (χ0) is 21.1. The molecule has 0 radical (unpaired) electrons. The maximum atomic E-state index is 13.3. The lowest BCUT2D eigenvalue weighted by Crippen LogP contribution is -2.30.